The van der Waals surface area contributed by atoms with Crippen LogP contribution in [0.15, 0.2) is 24.8 Å². The highest BCUT2D eigenvalue weighted by molar-refractivity contribution is 5.56. The van der Waals surface area contributed by atoms with Gasteiger partial charge in [0, 0.05) is 0 Å². The second kappa shape index (κ2) is 3.95. The predicted molar refractivity (Wildman–Crippen MR) is 58.1 cm³/mol. The minimum atomic E-state index is 0.0768. The summed E-state index contributed by atoms with van der Waals surface area (Å²) in [5.74, 6) is 0. The Balaban J connectivity index is 2.51. The van der Waals surface area contributed by atoms with Gasteiger partial charge < -0.3 is 10.4 Å². The molecule has 2 N–H and O–H groups in total. The molecule has 0 saturated heterocycles. The predicted octanol–water partition coefficient (Wildman–Crippen LogP) is 1.51. The highest BCUT2D eigenvalue weighted by Crippen LogP contribution is 2.26. The molecule has 0 saturated carbocycles. The van der Waals surface area contributed by atoms with Gasteiger partial charge in [-0.15, -0.1) is 0 Å². The van der Waals surface area contributed by atoms with E-state index in [2.05, 4.69) is 24.0 Å². The molecule has 1 aromatic rings. The molecule has 1 aliphatic rings. The zero-order chi connectivity index (χ0) is 9.97. The van der Waals surface area contributed by atoms with Crippen LogP contribution in [-0.4, -0.2) is 18.3 Å². The van der Waals surface area contributed by atoms with Crippen molar-refractivity contribution >= 4 is 6.08 Å². The number of aliphatic hydroxyl groups is 1. The second-order valence-electron chi connectivity index (χ2n) is 3.56. The first-order valence-electron chi connectivity index (χ1n) is 4.95. The van der Waals surface area contributed by atoms with Crippen molar-refractivity contribution in [1.29, 1.82) is 0 Å². The van der Waals surface area contributed by atoms with Gasteiger partial charge in [-0.1, -0.05) is 30.9 Å². The van der Waals surface area contributed by atoms with E-state index < -0.39 is 0 Å². The second-order valence-corrected chi connectivity index (χ2v) is 3.56. The molecule has 0 amide bonds. The molecule has 0 unspecified atom stereocenters. The van der Waals surface area contributed by atoms with Crippen molar-refractivity contribution in [2.24, 2.45) is 0 Å². The van der Waals surface area contributed by atoms with E-state index >= 15 is 0 Å². The molecule has 1 aromatic carbocycles. The summed E-state index contributed by atoms with van der Waals surface area (Å²) in [7, 11) is 0. The molecular formula is C12H15NO. The zero-order valence-corrected chi connectivity index (χ0v) is 8.16. The monoisotopic (exact) mass is 189 g/mol. The lowest BCUT2D eigenvalue weighted by molar-refractivity contribution is 0.240. The fourth-order valence-corrected chi connectivity index (χ4v) is 2.09. The fourth-order valence-electron chi connectivity index (χ4n) is 2.09. The highest BCUT2D eigenvalue weighted by atomic mass is 16.3. The summed E-state index contributed by atoms with van der Waals surface area (Å²) in [6.45, 7) is 4.89. The summed E-state index contributed by atoms with van der Waals surface area (Å²) >= 11 is 0. The Kier molecular flexibility index (Phi) is 2.66. The summed E-state index contributed by atoms with van der Waals surface area (Å²) in [6, 6.07) is 6.30. The summed E-state index contributed by atoms with van der Waals surface area (Å²) in [6.07, 6.45) is 2.89. The minimum absolute atomic E-state index is 0.0768. The summed E-state index contributed by atoms with van der Waals surface area (Å²) < 4.78 is 0. The lowest BCUT2D eigenvalue weighted by Gasteiger charge is -2.27. The van der Waals surface area contributed by atoms with Crippen LogP contribution in [0.1, 0.15) is 22.7 Å². The van der Waals surface area contributed by atoms with Crippen LogP contribution < -0.4 is 5.32 Å². The third-order valence-corrected chi connectivity index (χ3v) is 2.77. The molecule has 0 spiro atoms. The van der Waals surface area contributed by atoms with Crippen LogP contribution in [-0.2, 0) is 6.42 Å². The Bertz CT molecular complexity index is 346. The number of aliphatic hydroxyl groups excluding tert-OH is 1. The Morgan fingerprint density at radius 1 is 1.57 bits per heavy atom. The van der Waals surface area contributed by atoms with Crippen molar-refractivity contribution < 1.29 is 5.11 Å². The van der Waals surface area contributed by atoms with E-state index in [0.29, 0.717) is 0 Å². The molecular weight excluding hydrogens is 174 g/mol. The molecule has 74 valence electrons. The lowest BCUT2D eigenvalue weighted by atomic mass is 9.90. The van der Waals surface area contributed by atoms with Gasteiger partial charge in [0.15, 0.2) is 0 Å². The van der Waals surface area contributed by atoms with Crippen molar-refractivity contribution in [3.63, 3.8) is 0 Å². The largest absolute Gasteiger partial charge is 0.394 e. The van der Waals surface area contributed by atoms with Crippen LogP contribution in [0.4, 0.5) is 0 Å². The summed E-state index contributed by atoms with van der Waals surface area (Å²) in [4.78, 5) is 0. The standard InChI is InChI=1S/C12H15NO/c1-2-9-4-3-5-10-6-7-13-11(8-14)12(9)10/h2-5,11,13-14H,1,6-8H2/t11-/m1/s1. The molecule has 0 aliphatic carbocycles. The van der Waals surface area contributed by atoms with Gasteiger partial charge in [0.2, 0.25) is 0 Å². The van der Waals surface area contributed by atoms with E-state index in [1.807, 2.05) is 12.1 Å². The fraction of sp³-hybridized carbons (Fsp3) is 0.333. The van der Waals surface area contributed by atoms with Crippen LogP contribution in [0.25, 0.3) is 6.08 Å². The van der Waals surface area contributed by atoms with Crippen LogP contribution >= 0.6 is 0 Å². The van der Waals surface area contributed by atoms with Crippen LogP contribution in [0.5, 0.6) is 0 Å². The third-order valence-electron chi connectivity index (χ3n) is 2.77. The average molecular weight is 189 g/mol. The topological polar surface area (TPSA) is 32.3 Å². The smallest absolute Gasteiger partial charge is 0.0626 e. The van der Waals surface area contributed by atoms with Crippen LogP contribution in [0.2, 0.25) is 0 Å². The van der Waals surface area contributed by atoms with Gasteiger partial charge in [0.05, 0.1) is 12.6 Å². The molecule has 1 atom stereocenters. The third kappa shape index (κ3) is 1.47. The first kappa shape index (κ1) is 9.44. The molecule has 14 heavy (non-hydrogen) atoms. The van der Waals surface area contributed by atoms with Crippen molar-refractivity contribution in [1.82, 2.24) is 5.32 Å². The van der Waals surface area contributed by atoms with E-state index in [-0.39, 0.29) is 12.6 Å². The average Bonchev–Trinajstić information content (AvgIpc) is 2.27. The van der Waals surface area contributed by atoms with Gasteiger partial charge in [-0.3, -0.25) is 0 Å². The normalized spacial score (nSPS) is 20.2. The quantitative estimate of drug-likeness (QED) is 0.739. The number of hydrogen-bond acceptors (Lipinski definition) is 2. The molecule has 0 bridgehead atoms. The van der Waals surface area contributed by atoms with Crippen molar-refractivity contribution in [3.05, 3.63) is 41.5 Å². The molecule has 1 aliphatic heterocycles. The molecule has 0 radical (unpaired) electrons. The van der Waals surface area contributed by atoms with Gasteiger partial charge in [0.25, 0.3) is 0 Å². The number of nitrogens with one attached hydrogen (secondary N) is 1. The molecule has 0 aromatic heterocycles. The molecule has 0 fully saturated rings. The van der Waals surface area contributed by atoms with E-state index in [4.69, 9.17) is 0 Å². The van der Waals surface area contributed by atoms with Gasteiger partial charge in [-0.2, -0.15) is 0 Å². The summed E-state index contributed by atoms with van der Waals surface area (Å²) in [5.41, 5.74) is 3.69. The van der Waals surface area contributed by atoms with E-state index in [0.717, 1.165) is 18.5 Å². The number of benzene rings is 1. The van der Waals surface area contributed by atoms with Crippen molar-refractivity contribution in [3.8, 4) is 0 Å². The van der Waals surface area contributed by atoms with E-state index in [1.54, 1.807) is 0 Å². The maximum absolute atomic E-state index is 9.26. The van der Waals surface area contributed by atoms with Gasteiger partial charge in [-0.05, 0) is 29.7 Å². The Morgan fingerprint density at radius 2 is 2.43 bits per heavy atom. The first-order chi connectivity index (χ1) is 6.86. The van der Waals surface area contributed by atoms with Gasteiger partial charge in [-0.25, -0.2) is 0 Å². The SMILES string of the molecule is C=Cc1cccc2c1[C@@H](CO)NCC2. The lowest BCUT2D eigenvalue weighted by Crippen LogP contribution is -2.32. The summed E-state index contributed by atoms with van der Waals surface area (Å²) in [5, 5.41) is 12.6. The van der Waals surface area contributed by atoms with E-state index in [9.17, 15) is 5.11 Å². The van der Waals surface area contributed by atoms with Crippen LogP contribution in [0, 0.1) is 0 Å². The number of hydrogen-bond donors (Lipinski definition) is 2. The zero-order valence-electron chi connectivity index (χ0n) is 8.16. The Labute approximate surface area is 84.3 Å². The Morgan fingerprint density at radius 3 is 3.14 bits per heavy atom. The van der Waals surface area contributed by atoms with E-state index in [1.165, 1.54) is 11.1 Å². The minimum Gasteiger partial charge on any atom is -0.394 e. The molecule has 2 heteroatoms. The van der Waals surface area contributed by atoms with Crippen molar-refractivity contribution in [2.75, 3.05) is 13.2 Å². The first-order valence-corrected chi connectivity index (χ1v) is 4.95. The van der Waals surface area contributed by atoms with Crippen molar-refractivity contribution in [2.45, 2.75) is 12.5 Å². The number of fused-ring (bicyclic) bond motifs is 1. The maximum Gasteiger partial charge on any atom is 0.0626 e. The Hall–Kier alpha value is -1.12. The highest BCUT2D eigenvalue weighted by Gasteiger charge is 2.20. The molecule has 2 nitrogen and oxygen atoms in total. The van der Waals surface area contributed by atoms with Gasteiger partial charge in [0.1, 0.15) is 0 Å². The van der Waals surface area contributed by atoms with Gasteiger partial charge >= 0.3 is 0 Å². The van der Waals surface area contributed by atoms with Crippen LogP contribution in [0.3, 0.4) is 0 Å². The number of rotatable bonds is 2. The molecule has 1 heterocycles. The maximum atomic E-state index is 9.26. The molecule has 2 rings (SSSR count).